The Kier molecular flexibility index (Phi) is 4.01. The molecule has 23 heavy (non-hydrogen) atoms. The van der Waals surface area contributed by atoms with Gasteiger partial charge in [0.25, 0.3) is 11.5 Å². The summed E-state index contributed by atoms with van der Waals surface area (Å²) in [6.45, 7) is 0. The summed E-state index contributed by atoms with van der Waals surface area (Å²) in [6, 6.07) is 10.1. The third-order valence-electron chi connectivity index (χ3n) is 4.25. The number of amides is 1. The van der Waals surface area contributed by atoms with E-state index in [9.17, 15) is 14.4 Å². The molecule has 0 aliphatic heterocycles. The summed E-state index contributed by atoms with van der Waals surface area (Å²) in [4.78, 5) is 39.3. The van der Waals surface area contributed by atoms with Crippen molar-refractivity contribution in [3.8, 4) is 0 Å². The van der Waals surface area contributed by atoms with E-state index in [1.807, 2.05) is 23.2 Å². The number of carbonyl (C=O) groups excluding carboxylic acids is 1. The van der Waals surface area contributed by atoms with E-state index in [0.717, 1.165) is 19.3 Å². The molecule has 1 aliphatic carbocycles. The highest BCUT2D eigenvalue weighted by molar-refractivity contribution is 5.96. The Labute approximate surface area is 131 Å². The Morgan fingerprint density at radius 3 is 2.61 bits per heavy atom. The third kappa shape index (κ3) is 3.18. The number of nitrogen functional groups attached to an aromatic ring is 1. The molecule has 7 heteroatoms. The number of carbonyl (C=O) groups is 1. The van der Waals surface area contributed by atoms with Crippen LogP contribution in [0.5, 0.6) is 0 Å². The number of rotatable bonds is 3. The third-order valence-corrected chi connectivity index (χ3v) is 4.25. The van der Waals surface area contributed by atoms with E-state index in [2.05, 4.69) is 22.4 Å². The monoisotopic (exact) mass is 314 g/mol. The maximum Gasteiger partial charge on any atom is 0.326 e. The molecule has 7 nitrogen and oxygen atoms in total. The van der Waals surface area contributed by atoms with Crippen molar-refractivity contribution in [1.29, 1.82) is 0 Å². The average molecular weight is 314 g/mol. The van der Waals surface area contributed by atoms with Crippen LogP contribution in [0, 0.1) is 0 Å². The highest BCUT2D eigenvalue weighted by atomic mass is 16.2. The van der Waals surface area contributed by atoms with Crippen LogP contribution in [0.1, 0.15) is 41.2 Å². The van der Waals surface area contributed by atoms with Crippen LogP contribution in [-0.2, 0) is 0 Å². The van der Waals surface area contributed by atoms with Gasteiger partial charge in [-0.15, -0.1) is 0 Å². The smallest absolute Gasteiger partial charge is 0.326 e. The van der Waals surface area contributed by atoms with Gasteiger partial charge in [0.15, 0.2) is 0 Å². The van der Waals surface area contributed by atoms with Gasteiger partial charge in [0, 0.05) is 6.04 Å². The Hall–Kier alpha value is -2.83. The standard InChI is InChI=1S/C16H18N4O3/c17-12-13(19-16(23)20-14(12)21)15(22)18-11-7-6-10(8-11)9-4-2-1-3-5-9/h1-5,10-11H,6-8,17H2,(H,18,22)(H2,19,20,21,23)/t10-,11+/m1/s1. The molecule has 3 rings (SSSR count). The zero-order chi connectivity index (χ0) is 16.4. The summed E-state index contributed by atoms with van der Waals surface area (Å²) >= 11 is 0. The normalized spacial score (nSPS) is 20.3. The molecule has 0 saturated heterocycles. The van der Waals surface area contributed by atoms with Gasteiger partial charge in [0.2, 0.25) is 0 Å². The Morgan fingerprint density at radius 2 is 1.87 bits per heavy atom. The number of aromatic amines is 2. The molecule has 1 fully saturated rings. The van der Waals surface area contributed by atoms with Crippen LogP contribution in [0.3, 0.4) is 0 Å². The summed E-state index contributed by atoms with van der Waals surface area (Å²) in [6.07, 6.45) is 2.65. The predicted octanol–water partition coefficient (Wildman–Crippen LogP) is 0.712. The van der Waals surface area contributed by atoms with Gasteiger partial charge in [-0.3, -0.25) is 14.6 Å². The molecule has 1 saturated carbocycles. The van der Waals surface area contributed by atoms with Gasteiger partial charge in [-0.2, -0.15) is 0 Å². The Morgan fingerprint density at radius 1 is 1.13 bits per heavy atom. The predicted molar refractivity (Wildman–Crippen MR) is 86.4 cm³/mol. The van der Waals surface area contributed by atoms with Gasteiger partial charge >= 0.3 is 5.69 Å². The van der Waals surface area contributed by atoms with Crippen molar-refractivity contribution in [2.45, 2.75) is 31.2 Å². The quantitative estimate of drug-likeness (QED) is 0.666. The molecule has 0 radical (unpaired) electrons. The van der Waals surface area contributed by atoms with Crippen molar-refractivity contribution >= 4 is 11.6 Å². The van der Waals surface area contributed by atoms with Crippen LogP contribution >= 0.6 is 0 Å². The molecule has 1 amide bonds. The van der Waals surface area contributed by atoms with E-state index < -0.39 is 17.2 Å². The minimum absolute atomic E-state index is 0.00473. The minimum atomic E-state index is -0.757. The van der Waals surface area contributed by atoms with E-state index in [1.165, 1.54) is 5.56 Å². The molecular formula is C16H18N4O3. The fraction of sp³-hybridized carbons (Fsp3) is 0.312. The second-order valence-electron chi connectivity index (χ2n) is 5.79. The summed E-state index contributed by atoms with van der Waals surface area (Å²) < 4.78 is 0. The summed E-state index contributed by atoms with van der Waals surface area (Å²) in [5.41, 5.74) is 4.87. The number of anilines is 1. The van der Waals surface area contributed by atoms with Crippen LogP contribution in [0.15, 0.2) is 39.9 Å². The Balaban J connectivity index is 1.70. The number of H-pyrrole nitrogens is 2. The van der Waals surface area contributed by atoms with E-state index >= 15 is 0 Å². The summed E-state index contributed by atoms with van der Waals surface area (Å²) in [5.74, 6) is -0.124. The zero-order valence-corrected chi connectivity index (χ0v) is 12.5. The van der Waals surface area contributed by atoms with Gasteiger partial charge in [0.05, 0.1) is 0 Å². The molecule has 1 aliphatic rings. The lowest BCUT2D eigenvalue weighted by Gasteiger charge is -2.14. The molecule has 2 atom stereocenters. The van der Waals surface area contributed by atoms with Crippen LogP contribution in [-0.4, -0.2) is 21.9 Å². The minimum Gasteiger partial charge on any atom is -0.392 e. The van der Waals surface area contributed by atoms with Crippen LogP contribution in [0.2, 0.25) is 0 Å². The van der Waals surface area contributed by atoms with Crippen molar-refractivity contribution < 1.29 is 4.79 Å². The second kappa shape index (κ2) is 6.12. The largest absolute Gasteiger partial charge is 0.392 e. The van der Waals surface area contributed by atoms with Gasteiger partial charge < -0.3 is 16.0 Å². The fourth-order valence-corrected chi connectivity index (χ4v) is 3.07. The summed E-state index contributed by atoms with van der Waals surface area (Å²) in [7, 11) is 0. The maximum absolute atomic E-state index is 12.3. The first-order valence-corrected chi connectivity index (χ1v) is 7.52. The number of hydrogen-bond donors (Lipinski definition) is 4. The van der Waals surface area contributed by atoms with E-state index in [4.69, 9.17) is 5.73 Å². The number of aromatic nitrogens is 2. The number of nitrogens with two attached hydrogens (primary N) is 1. The first-order valence-electron chi connectivity index (χ1n) is 7.52. The van der Waals surface area contributed by atoms with E-state index in [-0.39, 0.29) is 17.4 Å². The van der Waals surface area contributed by atoms with Crippen molar-refractivity contribution in [3.05, 3.63) is 62.4 Å². The molecule has 120 valence electrons. The second-order valence-corrected chi connectivity index (χ2v) is 5.79. The van der Waals surface area contributed by atoms with Gasteiger partial charge in [-0.1, -0.05) is 30.3 Å². The molecule has 1 aromatic heterocycles. The topological polar surface area (TPSA) is 121 Å². The lowest BCUT2D eigenvalue weighted by Crippen LogP contribution is -2.37. The lowest BCUT2D eigenvalue weighted by molar-refractivity contribution is 0.0933. The number of nitrogens with one attached hydrogen (secondary N) is 3. The molecule has 0 unspecified atom stereocenters. The summed E-state index contributed by atoms with van der Waals surface area (Å²) in [5, 5.41) is 2.85. The molecular weight excluding hydrogens is 296 g/mol. The zero-order valence-electron chi connectivity index (χ0n) is 12.5. The van der Waals surface area contributed by atoms with Gasteiger partial charge in [-0.25, -0.2) is 4.79 Å². The van der Waals surface area contributed by atoms with Crippen molar-refractivity contribution in [2.75, 3.05) is 5.73 Å². The first-order chi connectivity index (χ1) is 11.0. The fourth-order valence-electron chi connectivity index (χ4n) is 3.07. The number of benzene rings is 1. The van der Waals surface area contributed by atoms with Crippen LogP contribution in [0.4, 0.5) is 5.69 Å². The highest BCUT2D eigenvalue weighted by Gasteiger charge is 2.28. The number of hydrogen-bond acceptors (Lipinski definition) is 4. The van der Waals surface area contributed by atoms with Crippen molar-refractivity contribution in [1.82, 2.24) is 15.3 Å². The maximum atomic E-state index is 12.3. The van der Waals surface area contributed by atoms with Crippen molar-refractivity contribution in [2.24, 2.45) is 0 Å². The van der Waals surface area contributed by atoms with Gasteiger partial charge in [-0.05, 0) is 30.7 Å². The molecule has 2 aromatic rings. The molecule has 1 heterocycles. The average Bonchev–Trinajstić information content (AvgIpc) is 3.00. The van der Waals surface area contributed by atoms with E-state index in [0.29, 0.717) is 5.92 Å². The first kappa shape index (κ1) is 15.1. The van der Waals surface area contributed by atoms with Crippen LogP contribution < -0.4 is 22.3 Å². The lowest BCUT2D eigenvalue weighted by atomic mass is 9.98. The SMILES string of the molecule is Nc1c(C(=O)N[C@H]2CC[C@@H](c3ccccc3)C2)[nH]c(=O)[nH]c1=O. The molecule has 5 N–H and O–H groups in total. The van der Waals surface area contributed by atoms with Gasteiger partial charge in [0.1, 0.15) is 11.4 Å². The van der Waals surface area contributed by atoms with Crippen molar-refractivity contribution in [3.63, 3.8) is 0 Å². The van der Waals surface area contributed by atoms with Crippen LogP contribution in [0.25, 0.3) is 0 Å². The highest BCUT2D eigenvalue weighted by Crippen LogP contribution is 2.34. The molecule has 0 spiro atoms. The molecule has 0 bridgehead atoms. The Bertz CT molecular complexity index is 825. The van der Waals surface area contributed by atoms with E-state index in [1.54, 1.807) is 0 Å². The molecule has 1 aromatic carbocycles.